The predicted octanol–water partition coefficient (Wildman–Crippen LogP) is 0.269. The monoisotopic (exact) mass is 251 g/mol. The number of piperidine rings is 1. The lowest BCUT2D eigenvalue weighted by atomic mass is 10.00. The first-order chi connectivity index (χ1) is 8.75. The van der Waals surface area contributed by atoms with E-state index < -0.39 is 0 Å². The third-order valence-electron chi connectivity index (χ3n) is 3.48. The van der Waals surface area contributed by atoms with Gasteiger partial charge in [0.05, 0.1) is 12.7 Å². The van der Waals surface area contributed by atoms with Crippen molar-refractivity contribution in [3.05, 3.63) is 12.4 Å². The van der Waals surface area contributed by atoms with Crippen molar-refractivity contribution in [1.82, 2.24) is 25.2 Å². The van der Waals surface area contributed by atoms with Crippen molar-refractivity contribution in [1.29, 1.82) is 0 Å². The first kappa shape index (κ1) is 13.0. The number of likely N-dealkylation sites (tertiary alicyclic amines) is 1. The molecule has 1 aliphatic rings. The van der Waals surface area contributed by atoms with Gasteiger partial charge in [-0.25, -0.2) is 0 Å². The normalized spacial score (nSPS) is 20.8. The summed E-state index contributed by atoms with van der Waals surface area (Å²) >= 11 is 0. The van der Waals surface area contributed by atoms with Crippen LogP contribution in [-0.2, 0) is 11.3 Å². The highest BCUT2D eigenvalue weighted by Gasteiger charge is 2.21. The number of hydrogen-bond donors (Lipinski definition) is 1. The summed E-state index contributed by atoms with van der Waals surface area (Å²) in [6.07, 6.45) is 7.66. The number of hydrogen-bond acceptors (Lipinski definition) is 4. The summed E-state index contributed by atoms with van der Waals surface area (Å²) in [5, 5.41) is 10.5. The quantitative estimate of drug-likeness (QED) is 0.816. The highest BCUT2D eigenvalue weighted by atomic mass is 16.1. The van der Waals surface area contributed by atoms with Gasteiger partial charge in [-0.1, -0.05) is 11.6 Å². The van der Waals surface area contributed by atoms with E-state index in [1.807, 2.05) is 0 Å². The number of nitrogens with one attached hydrogen (secondary N) is 1. The second-order valence-corrected chi connectivity index (χ2v) is 4.85. The number of carbonyl (C=O) groups is 1. The van der Waals surface area contributed by atoms with Crippen LogP contribution in [0, 0.1) is 0 Å². The molecule has 100 valence electrons. The molecule has 1 N–H and O–H groups in total. The number of amides is 1. The average Bonchev–Trinajstić information content (AvgIpc) is 2.85. The number of nitrogens with zero attached hydrogens (tertiary/aromatic N) is 4. The van der Waals surface area contributed by atoms with Gasteiger partial charge in [0.2, 0.25) is 5.91 Å². The van der Waals surface area contributed by atoms with Gasteiger partial charge in [0.25, 0.3) is 0 Å². The van der Waals surface area contributed by atoms with Crippen LogP contribution < -0.4 is 5.32 Å². The first-order valence-electron chi connectivity index (χ1n) is 6.57. The van der Waals surface area contributed by atoms with Crippen molar-refractivity contribution in [3.8, 4) is 0 Å². The Morgan fingerprint density at radius 1 is 1.50 bits per heavy atom. The Balaban J connectivity index is 1.65. The third kappa shape index (κ3) is 3.80. The van der Waals surface area contributed by atoms with Gasteiger partial charge in [-0.2, -0.15) is 0 Å². The van der Waals surface area contributed by atoms with E-state index in [4.69, 9.17) is 0 Å². The molecule has 1 aliphatic heterocycles. The molecule has 1 aromatic heterocycles. The van der Waals surface area contributed by atoms with Gasteiger partial charge < -0.3 is 10.2 Å². The number of carbonyl (C=O) groups excluding carboxylic acids is 1. The van der Waals surface area contributed by atoms with Gasteiger partial charge >= 0.3 is 0 Å². The number of aromatic nitrogens is 3. The summed E-state index contributed by atoms with van der Waals surface area (Å²) in [4.78, 5) is 14.1. The summed E-state index contributed by atoms with van der Waals surface area (Å²) in [6.45, 7) is 2.39. The van der Waals surface area contributed by atoms with Crippen molar-refractivity contribution >= 4 is 5.91 Å². The smallest absolute Gasteiger partial charge is 0.221 e. The van der Waals surface area contributed by atoms with E-state index in [-0.39, 0.29) is 5.91 Å². The maximum absolute atomic E-state index is 11.8. The molecule has 2 heterocycles. The van der Waals surface area contributed by atoms with Crippen LogP contribution in [0.2, 0.25) is 0 Å². The van der Waals surface area contributed by atoms with E-state index >= 15 is 0 Å². The molecule has 1 saturated heterocycles. The highest BCUT2D eigenvalue weighted by Crippen LogP contribution is 2.17. The van der Waals surface area contributed by atoms with Crippen LogP contribution >= 0.6 is 0 Å². The van der Waals surface area contributed by atoms with Gasteiger partial charge in [-0.05, 0) is 26.4 Å². The lowest BCUT2D eigenvalue weighted by Gasteiger charge is -2.31. The zero-order valence-corrected chi connectivity index (χ0v) is 10.9. The molecule has 0 unspecified atom stereocenters. The summed E-state index contributed by atoms with van der Waals surface area (Å²) in [5.74, 6) is 0.133. The molecule has 0 aliphatic carbocycles. The molecular formula is C12H21N5O. The first-order valence-corrected chi connectivity index (χ1v) is 6.57. The molecule has 1 amide bonds. The van der Waals surface area contributed by atoms with Gasteiger partial charge in [-0.15, -0.1) is 5.10 Å². The maximum atomic E-state index is 11.8. The third-order valence-corrected chi connectivity index (χ3v) is 3.48. The number of rotatable bonds is 5. The van der Waals surface area contributed by atoms with E-state index in [0.29, 0.717) is 25.6 Å². The fourth-order valence-electron chi connectivity index (χ4n) is 2.35. The molecule has 2 rings (SSSR count). The Morgan fingerprint density at radius 3 is 3.11 bits per heavy atom. The molecule has 1 aromatic rings. The van der Waals surface area contributed by atoms with Crippen molar-refractivity contribution in [2.75, 3.05) is 20.1 Å². The topological polar surface area (TPSA) is 63.1 Å². The zero-order chi connectivity index (χ0) is 12.8. The SMILES string of the molecule is CN1CCCC[C@@H]1CC(=O)NCCn1ccnn1. The molecule has 0 spiro atoms. The second-order valence-electron chi connectivity index (χ2n) is 4.85. The minimum Gasteiger partial charge on any atom is -0.354 e. The molecule has 0 aromatic carbocycles. The Kier molecular flexibility index (Phi) is 4.69. The Morgan fingerprint density at radius 2 is 2.39 bits per heavy atom. The molecule has 0 saturated carbocycles. The molecular weight excluding hydrogens is 230 g/mol. The molecule has 18 heavy (non-hydrogen) atoms. The summed E-state index contributed by atoms with van der Waals surface area (Å²) < 4.78 is 1.72. The van der Waals surface area contributed by atoms with Gasteiger partial charge in [0, 0.05) is 25.2 Å². The van der Waals surface area contributed by atoms with E-state index in [2.05, 4.69) is 27.6 Å². The standard InChI is InChI=1S/C12H21N5O/c1-16-7-3-2-4-11(16)10-12(18)13-5-8-17-9-6-14-15-17/h6,9,11H,2-5,7-8,10H2,1H3,(H,13,18)/t11-/m1/s1. The van der Waals surface area contributed by atoms with Crippen molar-refractivity contribution in [2.24, 2.45) is 0 Å². The predicted molar refractivity (Wildman–Crippen MR) is 67.9 cm³/mol. The molecule has 0 bridgehead atoms. The maximum Gasteiger partial charge on any atom is 0.221 e. The fraction of sp³-hybridized carbons (Fsp3) is 0.750. The van der Waals surface area contributed by atoms with E-state index in [9.17, 15) is 4.79 Å². The molecule has 1 fully saturated rings. The largest absolute Gasteiger partial charge is 0.354 e. The van der Waals surface area contributed by atoms with E-state index in [0.717, 1.165) is 13.0 Å². The van der Waals surface area contributed by atoms with Gasteiger partial charge in [0.15, 0.2) is 0 Å². The van der Waals surface area contributed by atoms with Crippen LogP contribution in [0.4, 0.5) is 0 Å². The van der Waals surface area contributed by atoms with Crippen LogP contribution in [-0.4, -0.2) is 52.0 Å². The van der Waals surface area contributed by atoms with Crippen molar-refractivity contribution < 1.29 is 4.79 Å². The molecule has 0 radical (unpaired) electrons. The Labute approximate surface area is 107 Å². The Bertz CT molecular complexity index is 365. The Hall–Kier alpha value is -1.43. The van der Waals surface area contributed by atoms with Crippen molar-refractivity contribution in [3.63, 3.8) is 0 Å². The molecule has 6 nitrogen and oxygen atoms in total. The summed E-state index contributed by atoms with van der Waals surface area (Å²) in [7, 11) is 2.10. The fourth-order valence-corrected chi connectivity index (χ4v) is 2.35. The zero-order valence-electron chi connectivity index (χ0n) is 10.9. The van der Waals surface area contributed by atoms with Crippen LogP contribution in [0.1, 0.15) is 25.7 Å². The average molecular weight is 251 g/mol. The van der Waals surface area contributed by atoms with Crippen LogP contribution in [0.25, 0.3) is 0 Å². The molecule has 1 atom stereocenters. The summed E-state index contributed by atoms with van der Waals surface area (Å²) in [5.41, 5.74) is 0. The van der Waals surface area contributed by atoms with Crippen LogP contribution in [0.15, 0.2) is 12.4 Å². The van der Waals surface area contributed by atoms with E-state index in [1.54, 1.807) is 17.1 Å². The summed E-state index contributed by atoms with van der Waals surface area (Å²) in [6, 6.07) is 0.408. The van der Waals surface area contributed by atoms with E-state index in [1.165, 1.54) is 12.8 Å². The highest BCUT2D eigenvalue weighted by molar-refractivity contribution is 5.76. The lowest BCUT2D eigenvalue weighted by Crippen LogP contribution is -2.40. The van der Waals surface area contributed by atoms with Crippen LogP contribution in [0.3, 0.4) is 0 Å². The lowest BCUT2D eigenvalue weighted by molar-refractivity contribution is -0.122. The second kappa shape index (κ2) is 6.49. The molecule has 6 heteroatoms. The minimum absolute atomic E-state index is 0.133. The minimum atomic E-state index is 0.133. The van der Waals surface area contributed by atoms with Gasteiger partial charge in [-0.3, -0.25) is 9.48 Å². The van der Waals surface area contributed by atoms with Crippen molar-refractivity contribution in [2.45, 2.75) is 38.3 Å². The van der Waals surface area contributed by atoms with Gasteiger partial charge in [0.1, 0.15) is 0 Å². The van der Waals surface area contributed by atoms with Crippen LogP contribution in [0.5, 0.6) is 0 Å².